The van der Waals surface area contributed by atoms with Crippen LogP contribution in [0.15, 0.2) is 28.8 Å². The van der Waals surface area contributed by atoms with E-state index in [-0.39, 0.29) is 30.8 Å². The van der Waals surface area contributed by atoms with E-state index in [0.717, 1.165) is 18.4 Å². The van der Waals surface area contributed by atoms with E-state index in [2.05, 4.69) is 20.8 Å². The second kappa shape index (κ2) is 9.50. The summed E-state index contributed by atoms with van der Waals surface area (Å²) in [5, 5.41) is 9.79. The van der Waals surface area contributed by atoms with Crippen molar-refractivity contribution in [3.05, 3.63) is 35.2 Å². The Morgan fingerprint density at radius 2 is 1.96 bits per heavy atom. The van der Waals surface area contributed by atoms with Crippen molar-refractivity contribution in [2.24, 2.45) is 5.92 Å². The Labute approximate surface area is 162 Å². The van der Waals surface area contributed by atoms with Gasteiger partial charge < -0.3 is 15.2 Å². The zero-order chi connectivity index (χ0) is 19.1. The summed E-state index contributed by atoms with van der Waals surface area (Å²) in [5.41, 5.74) is 0.735. The molecule has 7 nitrogen and oxygen atoms in total. The number of amides is 2. The number of hydrogen-bond acceptors (Lipinski definition) is 5. The summed E-state index contributed by atoms with van der Waals surface area (Å²) in [6.07, 6.45) is 6.35. The van der Waals surface area contributed by atoms with Gasteiger partial charge in [0.2, 0.25) is 23.5 Å². The first-order valence-corrected chi connectivity index (χ1v) is 9.60. The van der Waals surface area contributed by atoms with Gasteiger partial charge in [-0.05, 0) is 30.9 Å². The largest absolute Gasteiger partial charge is 0.347 e. The van der Waals surface area contributed by atoms with Crippen molar-refractivity contribution in [3.63, 3.8) is 0 Å². The van der Waals surface area contributed by atoms with Gasteiger partial charge in [-0.25, -0.2) is 0 Å². The minimum Gasteiger partial charge on any atom is -0.347 e. The molecule has 0 spiro atoms. The lowest BCUT2D eigenvalue weighted by Crippen LogP contribution is -2.37. The van der Waals surface area contributed by atoms with Crippen LogP contribution in [-0.2, 0) is 16.1 Å². The number of aromatic nitrogens is 2. The molecular formula is C19H23ClN4O3. The molecule has 0 bridgehead atoms. The lowest BCUT2D eigenvalue weighted by atomic mass is 9.87. The summed E-state index contributed by atoms with van der Waals surface area (Å²) in [4.78, 5) is 28.1. The van der Waals surface area contributed by atoms with Gasteiger partial charge in [-0.1, -0.05) is 48.2 Å². The molecule has 0 atom stereocenters. The Kier molecular flexibility index (Phi) is 6.81. The van der Waals surface area contributed by atoms with E-state index in [4.69, 9.17) is 16.1 Å². The SMILES string of the molecule is O=C(CNC(=O)CC1CCCCC1)NCc1nc(-c2cccc(Cl)c2)no1. The maximum Gasteiger partial charge on any atom is 0.246 e. The van der Waals surface area contributed by atoms with E-state index in [1.54, 1.807) is 18.2 Å². The molecule has 27 heavy (non-hydrogen) atoms. The zero-order valence-corrected chi connectivity index (χ0v) is 15.8. The molecule has 2 N–H and O–H groups in total. The Balaban J connectivity index is 1.39. The first-order valence-electron chi connectivity index (χ1n) is 9.22. The minimum atomic E-state index is -0.297. The molecule has 0 saturated heterocycles. The highest BCUT2D eigenvalue weighted by Gasteiger charge is 2.17. The van der Waals surface area contributed by atoms with Gasteiger partial charge >= 0.3 is 0 Å². The highest BCUT2D eigenvalue weighted by molar-refractivity contribution is 6.30. The van der Waals surface area contributed by atoms with Crippen LogP contribution in [0.5, 0.6) is 0 Å². The molecule has 0 unspecified atom stereocenters. The molecule has 144 valence electrons. The summed E-state index contributed by atoms with van der Waals surface area (Å²) in [7, 11) is 0. The summed E-state index contributed by atoms with van der Waals surface area (Å²) in [6, 6.07) is 7.11. The summed E-state index contributed by atoms with van der Waals surface area (Å²) in [5.74, 6) is 0.770. The highest BCUT2D eigenvalue weighted by atomic mass is 35.5. The van der Waals surface area contributed by atoms with Gasteiger partial charge in [-0.2, -0.15) is 4.98 Å². The summed E-state index contributed by atoms with van der Waals surface area (Å²) < 4.78 is 5.13. The highest BCUT2D eigenvalue weighted by Crippen LogP contribution is 2.26. The predicted octanol–water partition coefficient (Wildman–Crippen LogP) is 3.09. The molecule has 3 rings (SSSR count). The van der Waals surface area contributed by atoms with E-state index in [0.29, 0.717) is 23.2 Å². The van der Waals surface area contributed by atoms with E-state index in [1.807, 2.05) is 6.07 Å². The van der Waals surface area contributed by atoms with Crippen LogP contribution in [0.25, 0.3) is 11.4 Å². The van der Waals surface area contributed by atoms with E-state index in [9.17, 15) is 9.59 Å². The lowest BCUT2D eigenvalue weighted by Gasteiger charge is -2.20. The van der Waals surface area contributed by atoms with E-state index >= 15 is 0 Å². The van der Waals surface area contributed by atoms with Crippen LogP contribution in [0.1, 0.15) is 44.4 Å². The average Bonchev–Trinajstić information content (AvgIpc) is 3.15. The number of carbonyl (C=O) groups excluding carboxylic acids is 2. The van der Waals surface area contributed by atoms with Gasteiger partial charge in [0.15, 0.2) is 0 Å². The molecule has 1 saturated carbocycles. The van der Waals surface area contributed by atoms with Gasteiger partial charge in [0, 0.05) is 17.0 Å². The van der Waals surface area contributed by atoms with Gasteiger partial charge in [-0.3, -0.25) is 9.59 Å². The van der Waals surface area contributed by atoms with Crippen LogP contribution in [0.4, 0.5) is 0 Å². The molecule has 1 aliphatic rings. The quantitative estimate of drug-likeness (QED) is 0.757. The number of carbonyl (C=O) groups is 2. The fraction of sp³-hybridized carbons (Fsp3) is 0.474. The zero-order valence-electron chi connectivity index (χ0n) is 15.0. The van der Waals surface area contributed by atoms with Gasteiger partial charge in [0.25, 0.3) is 0 Å². The first-order chi connectivity index (χ1) is 13.1. The van der Waals surface area contributed by atoms with Crippen LogP contribution in [0.2, 0.25) is 5.02 Å². The van der Waals surface area contributed by atoms with Crippen molar-refractivity contribution < 1.29 is 14.1 Å². The number of halogens is 1. The Hall–Kier alpha value is -2.41. The average molecular weight is 391 g/mol. The molecule has 2 amide bonds. The van der Waals surface area contributed by atoms with Crippen molar-refractivity contribution in [1.29, 1.82) is 0 Å². The van der Waals surface area contributed by atoms with Crippen molar-refractivity contribution in [3.8, 4) is 11.4 Å². The monoisotopic (exact) mass is 390 g/mol. The first kappa shape index (κ1) is 19.4. The summed E-state index contributed by atoms with van der Waals surface area (Å²) >= 11 is 5.95. The molecule has 8 heteroatoms. The summed E-state index contributed by atoms with van der Waals surface area (Å²) in [6.45, 7) is 0.0474. The number of hydrogen-bond donors (Lipinski definition) is 2. The molecule has 2 aromatic rings. The van der Waals surface area contributed by atoms with E-state index in [1.165, 1.54) is 19.3 Å². The van der Waals surface area contributed by atoms with Crippen LogP contribution < -0.4 is 10.6 Å². The third kappa shape index (κ3) is 6.06. The minimum absolute atomic E-state index is 0.0547. The van der Waals surface area contributed by atoms with Gasteiger partial charge in [0.05, 0.1) is 13.1 Å². The maximum atomic E-state index is 11.9. The van der Waals surface area contributed by atoms with Gasteiger partial charge in [0.1, 0.15) is 0 Å². The third-order valence-corrected chi connectivity index (χ3v) is 4.87. The maximum absolute atomic E-state index is 11.9. The molecule has 0 aliphatic heterocycles. The number of nitrogens with one attached hydrogen (secondary N) is 2. The number of rotatable bonds is 7. The normalized spacial score (nSPS) is 14.7. The Morgan fingerprint density at radius 3 is 2.74 bits per heavy atom. The molecule has 1 aromatic carbocycles. The number of nitrogens with zero attached hydrogens (tertiary/aromatic N) is 2. The fourth-order valence-electron chi connectivity index (χ4n) is 3.21. The molecule has 0 radical (unpaired) electrons. The van der Waals surface area contributed by atoms with Gasteiger partial charge in [-0.15, -0.1) is 0 Å². The molecule has 1 heterocycles. The second-order valence-corrected chi connectivity index (χ2v) is 7.22. The molecule has 1 fully saturated rings. The lowest BCUT2D eigenvalue weighted by molar-refractivity contribution is -0.126. The van der Waals surface area contributed by atoms with Crippen molar-refractivity contribution >= 4 is 23.4 Å². The number of benzene rings is 1. The van der Waals surface area contributed by atoms with Crippen LogP contribution in [-0.4, -0.2) is 28.5 Å². The van der Waals surface area contributed by atoms with Crippen molar-refractivity contribution in [1.82, 2.24) is 20.8 Å². The topological polar surface area (TPSA) is 97.1 Å². The van der Waals surface area contributed by atoms with Crippen LogP contribution in [0, 0.1) is 5.92 Å². The van der Waals surface area contributed by atoms with Crippen molar-refractivity contribution in [2.45, 2.75) is 45.1 Å². The molecular weight excluding hydrogens is 368 g/mol. The van der Waals surface area contributed by atoms with Crippen molar-refractivity contribution in [2.75, 3.05) is 6.54 Å². The standard InChI is InChI=1S/C19H23ClN4O3/c20-15-8-4-7-14(10-15)19-23-18(27-24-19)12-22-17(26)11-21-16(25)9-13-5-2-1-3-6-13/h4,7-8,10,13H,1-3,5-6,9,11-12H2,(H,21,25)(H,22,26). The fourth-order valence-corrected chi connectivity index (χ4v) is 3.40. The Morgan fingerprint density at radius 1 is 1.15 bits per heavy atom. The Bertz CT molecular complexity index is 787. The predicted molar refractivity (Wildman–Crippen MR) is 101 cm³/mol. The molecule has 1 aromatic heterocycles. The third-order valence-electron chi connectivity index (χ3n) is 4.63. The second-order valence-electron chi connectivity index (χ2n) is 6.78. The van der Waals surface area contributed by atoms with Crippen LogP contribution in [0.3, 0.4) is 0 Å². The molecule has 1 aliphatic carbocycles. The van der Waals surface area contributed by atoms with E-state index < -0.39 is 0 Å². The smallest absolute Gasteiger partial charge is 0.246 e. The van der Waals surface area contributed by atoms with Crippen LogP contribution >= 0.6 is 11.6 Å².